The van der Waals surface area contributed by atoms with Crippen molar-refractivity contribution < 1.29 is 4.39 Å². The Labute approximate surface area is 169 Å². The molecule has 7 heteroatoms. The van der Waals surface area contributed by atoms with Crippen molar-refractivity contribution in [3.8, 4) is 0 Å². The van der Waals surface area contributed by atoms with E-state index in [1.807, 2.05) is 48.0 Å². The number of hydrogen-bond acceptors (Lipinski definition) is 2. The number of fused-ring (bicyclic) bond motifs is 1. The molecule has 0 saturated heterocycles. The van der Waals surface area contributed by atoms with E-state index in [1.165, 1.54) is 12.1 Å². The smallest absolute Gasteiger partial charge is 0.191 e. The van der Waals surface area contributed by atoms with Crippen LogP contribution in [0.4, 0.5) is 4.39 Å². The van der Waals surface area contributed by atoms with Crippen LogP contribution in [0.3, 0.4) is 0 Å². The molecular formula is C19H23FIN5. The molecule has 0 aliphatic carbocycles. The van der Waals surface area contributed by atoms with Gasteiger partial charge in [0, 0.05) is 31.9 Å². The summed E-state index contributed by atoms with van der Waals surface area (Å²) in [4.78, 5) is 9.08. The van der Waals surface area contributed by atoms with Crippen molar-refractivity contribution in [2.24, 2.45) is 4.99 Å². The molecule has 2 N–H and O–H groups in total. The van der Waals surface area contributed by atoms with Gasteiger partial charge in [-0.25, -0.2) is 14.4 Å². The van der Waals surface area contributed by atoms with Gasteiger partial charge in [0.15, 0.2) is 5.96 Å². The van der Waals surface area contributed by atoms with Crippen LogP contribution in [0.1, 0.15) is 18.2 Å². The Morgan fingerprint density at radius 1 is 1.19 bits per heavy atom. The summed E-state index contributed by atoms with van der Waals surface area (Å²) in [5, 5.41) is 6.49. The minimum absolute atomic E-state index is 0. The molecule has 0 bridgehead atoms. The maximum absolute atomic E-state index is 13.2. The van der Waals surface area contributed by atoms with Crippen LogP contribution >= 0.6 is 24.0 Å². The lowest BCUT2D eigenvalue weighted by Gasteiger charge is -2.10. The van der Waals surface area contributed by atoms with Gasteiger partial charge in [0.05, 0.1) is 12.2 Å². The summed E-state index contributed by atoms with van der Waals surface area (Å²) in [5.74, 6) is 0.480. The number of halogens is 2. The molecule has 0 aliphatic heterocycles. The third kappa shape index (κ3) is 5.69. The number of hydrogen-bond donors (Lipinski definition) is 2. The number of benzene rings is 1. The van der Waals surface area contributed by atoms with Crippen LogP contribution in [0.25, 0.3) is 5.65 Å². The summed E-state index contributed by atoms with van der Waals surface area (Å²) in [6.45, 7) is 3.94. The molecule has 1 aromatic carbocycles. The molecule has 3 rings (SSSR count). The van der Waals surface area contributed by atoms with Crippen LogP contribution in [0, 0.1) is 5.82 Å². The minimum atomic E-state index is -0.238. The van der Waals surface area contributed by atoms with Gasteiger partial charge in [0.1, 0.15) is 11.5 Å². The van der Waals surface area contributed by atoms with Gasteiger partial charge in [0.25, 0.3) is 0 Å². The van der Waals surface area contributed by atoms with Gasteiger partial charge in [-0.05, 0) is 36.8 Å². The lowest BCUT2D eigenvalue weighted by Crippen LogP contribution is -2.38. The fourth-order valence-electron chi connectivity index (χ4n) is 2.56. The van der Waals surface area contributed by atoms with E-state index < -0.39 is 0 Å². The summed E-state index contributed by atoms with van der Waals surface area (Å²) in [5.41, 5.74) is 2.82. The molecule has 0 radical (unpaired) electrons. The van der Waals surface area contributed by atoms with Crippen LogP contribution in [-0.2, 0) is 13.0 Å². The van der Waals surface area contributed by atoms with Crippen molar-refractivity contribution in [1.82, 2.24) is 20.0 Å². The Morgan fingerprint density at radius 3 is 2.85 bits per heavy atom. The molecule has 0 spiro atoms. The van der Waals surface area contributed by atoms with E-state index >= 15 is 0 Å². The van der Waals surface area contributed by atoms with Crippen molar-refractivity contribution in [2.45, 2.75) is 19.9 Å². The van der Waals surface area contributed by atoms with Crippen LogP contribution in [0.5, 0.6) is 0 Å². The molecule has 2 aromatic heterocycles. The fraction of sp³-hybridized carbons (Fsp3) is 0.263. The number of pyridine rings is 1. The molecule has 2 heterocycles. The van der Waals surface area contributed by atoms with Gasteiger partial charge < -0.3 is 15.0 Å². The van der Waals surface area contributed by atoms with E-state index in [9.17, 15) is 4.39 Å². The Bertz CT molecular complexity index is 829. The zero-order chi connectivity index (χ0) is 17.5. The van der Waals surface area contributed by atoms with Gasteiger partial charge in [0.2, 0.25) is 0 Å². The van der Waals surface area contributed by atoms with Gasteiger partial charge in [-0.15, -0.1) is 24.0 Å². The average molecular weight is 467 g/mol. The van der Waals surface area contributed by atoms with Crippen LogP contribution in [-0.4, -0.2) is 28.4 Å². The summed E-state index contributed by atoms with van der Waals surface area (Å²) < 4.78 is 15.2. The third-order valence-electron chi connectivity index (χ3n) is 3.74. The molecule has 26 heavy (non-hydrogen) atoms. The van der Waals surface area contributed by atoms with E-state index in [0.29, 0.717) is 6.54 Å². The Morgan fingerprint density at radius 2 is 2.08 bits per heavy atom. The van der Waals surface area contributed by atoms with Crippen LogP contribution < -0.4 is 10.6 Å². The maximum atomic E-state index is 13.2. The van der Waals surface area contributed by atoms with Crippen LogP contribution in [0.2, 0.25) is 0 Å². The second kappa shape index (κ2) is 10.1. The maximum Gasteiger partial charge on any atom is 0.191 e. The molecule has 0 atom stereocenters. The summed E-state index contributed by atoms with van der Waals surface area (Å²) in [6.07, 6.45) is 4.82. The quantitative estimate of drug-likeness (QED) is 0.332. The van der Waals surface area contributed by atoms with Crippen molar-refractivity contribution in [2.75, 3.05) is 13.1 Å². The third-order valence-corrected chi connectivity index (χ3v) is 3.74. The summed E-state index contributed by atoms with van der Waals surface area (Å²) in [7, 11) is 0. The Hall–Kier alpha value is -2.16. The first-order valence-corrected chi connectivity index (χ1v) is 8.44. The second-order valence-corrected chi connectivity index (χ2v) is 5.70. The standard InChI is InChI=1S/C19H22FN5.HI/c1-2-21-19(23-13-15-6-5-7-16(20)12-15)22-10-9-17-14-25-11-4-3-8-18(25)24-17;/h3-8,11-12,14H,2,9-10,13H2,1H3,(H2,21,22,23);1H. The van der Waals surface area contributed by atoms with E-state index in [2.05, 4.69) is 20.6 Å². The predicted octanol–water partition coefficient (Wildman–Crippen LogP) is 3.39. The number of imidazole rings is 1. The highest BCUT2D eigenvalue weighted by Gasteiger charge is 2.02. The molecule has 0 saturated carbocycles. The predicted molar refractivity (Wildman–Crippen MR) is 114 cm³/mol. The molecule has 3 aromatic rings. The lowest BCUT2D eigenvalue weighted by atomic mass is 10.2. The Kier molecular flexibility index (Phi) is 7.83. The molecule has 0 unspecified atom stereocenters. The molecular weight excluding hydrogens is 444 g/mol. The number of aliphatic imine (C=N–C) groups is 1. The van der Waals surface area contributed by atoms with Crippen molar-refractivity contribution >= 4 is 35.6 Å². The molecule has 0 fully saturated rings. The van der Waals surface area contributed by atoms with Crippen molar-refractivity contribution in [1.29, 1.82) is 0 Å². The average Bonchev–Trinajstić information content (AvgIpc) is 3.02. The number of aromatic nitrogens is 2. The highest BCUT2D eigenvalue weighted by atomic mass is 127. The monoisotopic (exact) mass is 467 g/mol. The van der Waals surface area contributed by atoms with Gasteiger partial charge >= 0.3 is 0 Å². The first-order valence-electron chi connectivity index (χ1n) is 8.44. The molecule has 0 aliphatic rings. The normalized spacial score (nSPS) is 11.2. The molecule has 5 nitrogen and oxygen atoms in total. The largest absolute Gasteiger partial charge is 0.357 e. The van der Waals surface area contributed by atoms with E-state index in [0.717, 1.165) is 42.4 Å². The van der Waals surface area contributed by atoms with E-state index in [-0.39, 0.29) is 29.8 Å². The first kappa shape index (κ1) is 20.2. The zero-order valence-electron chi connectivity index (χ0n) is 14.7. The van der Waals surface area contributed by atoms with Gasteiger partial charge in [-0.1, -0.05) is 18.2 Å². The molecule has 138 valence electrons. The zero-order valence-corrected chi connectivity index (χ0v) is 17.0. The molecule has 0 amide bonds. The fourth-order valence-corrected chi connectivity index (χ4v) is 2.56. The summed E-state index contributed by atoms with van der Waals surface area (Å²) >= 11 is 0. The minimum Gasteiger partial charge on any atom is -0.357 e. The number of rotatable bonds is 6. The first-order chi connectivity index (χ1) is 12.2. The van der Waals surface area contributed by atoms with Gasteiger partial charge in [-0.3, -0.25) is 0 Å². The highest BCUT2D eigenvalue weighted by molar-refractivity contribution is 14.0. The van der Waals surface area contributed by atoms with Crippen LogP contribution in [0.15, 0.2) is 59.9 Å². The SMILES string of the molecule is CCNC(=NCc1cccc(F)c1)NCCc1cn2ccccc2n1.I. The number of guanidine groups is 1. The Balaban J connectivity index is 0.00000243. The second-order valence-electron chi connectivity index (χ2n) is 5.70. The van der Waals surface area contributed by atoms with E-state index in [1.54, 1.807) is 6.07 Å². The van der Waals surface area contributed by atoms with E-state index in [4.69, 9.17) is 0 Å². The number of nitrogens with zero attached hydrogens (tertiary/aromatic N) is 3. The number of nitrogens with one attached hydrogen (secondary N) is 2. The van der Waals surface area contributed by atoms with Crippen molar-refractivity contribution in [3.63, 3.8) is 0 Å². The summed E-state index contributed by atoms with van der Waals surface area (Å²) in [6, 6.07) is 12.5. The highest BCUT2D eigenvalue weighted by Crippen LogP contribution is 2.05. The lowest BCUT2D eigenvalue weighted by molar-refractivity contribution is 0.625. The van der Waals surface area contributed by atoms with Crippen molar-refractivity contribution in [3.05, 3.63) is 71.9 Å². The van der Waals surface area contributed by atoms with Gasteiger partial charge in [-0.2, -0.15) is 0 Å². The topological polar surface area (TPSA) is 53.7 Å².